The van der Waals surface area contributed by atoms with E-state index in [1.165, 1.54) is 22.3 Å². The number of urea groups is 1. The molecule has 0 bridgehead atoms. The fourth-order valence-electron chi connectivity index (χ4n) is 4.48. The summed E-state index contributed by atoms with van der Waals surface area (Å²) in [5.41, 5.74) is 4.32. The topological polar surface area (TPSA) is 78.5 Å². The van der Waals surface area contributed by atoms with Gasteiger partial charge in [0.15, 0.2) is 0 Å². The monoisotopic (exact) mass is 399 g/mol. The molecule has 1 spiro atoms. The minimum Gasteiger partial charge on any atom is -0.354 e. The quantitative estimate of drug-likeness (QED) is 0.747. The van der Waals surface area contributed by atoms with E-state index in [0.717, 1.165) is 24.2 Å². The van der Waals surface area contributed by atoms with Crippen LogP contribution in [0.2, 0.25) is 0 Å². The van der Waals surface area contributed by atoms with Crippen LogP contribution in [0, 0.1) is 13.8 Å². The van der Waals surface area contributed by atoms with Crippen molar-refractivity contribution in [3.63, 3.8) is 0 Å². The van der Waals surface area contributed by atoms with E-state index in [2.05, 4.69) is 57.4 Å². The van der Waals surface area contributed by atoms with Crippen LogP contribution in [0.5, 0.6) is 0 Å². The first kappa shape index (κ1) is 21.3. The highest BCUT2D eigenvalue weighted by atomic mass is 16.2. The summed E-state index contributed by atoms with van der Waals surface area (Å²) in [6.07, 6.45) is 3.91. The maximum atomic E-state index is 12.6. The van der Waals surface area contributed by atoms with Gasteiger partial charge < -0.3 is 10.6 Å². The summed E-state index contributed by atoms with van der Waals surface area (Å²) in [5, 5.41) is 5.67. The maximum absolute atomic E-state index is 12.6. The van der Waals surface area contributed by atoms with Gasteiger partial charge in [-0.05, 0) is 60.8 Å². The molecule has 29 heavy (non-hydrogen) atoms. The summed E-state index contributed by atoms with van der Waals surface area (Å²) in [4.78, 5) is 38.2. The second kappa shape index (κ2) is 7.81. The van der Waals surface area contributed by atoms with Gasteiger partial charge in [0.1, 0.15) is 12.1 Å². The Morgan fingerprint density at radius 1 is 1.14 bits per heavy atom. The third-order valence-electron chi connectivity index (χ3n) is 6.26. The number of rotatable bonds is 5. The Labute approximate surface area is 173 Å². The van der Waals surface area contributed by atoms with Crippen molar-refractivity contribution < 1.29 is 14.4 Å². The van der Waals surface area contributed by atoms with Crippen LogP contribution >= 0.6 is 0 Å². The van der Waals surface area contributed by atoms with Gasteiger partial charge in [0, 0.05) is 6.54 Å². The molecule has 158 valence electrons. The fraction of sp³-hybridized carbons (Fsp3) is 0.609. The zero-order chi connectivity index (χ0) is 21.4. The van der Waals surface area contributed by atoms with Crippen LogP contribution in [-0.4, -0.2) is 41.4 Å². The van der Waals surface area contributed by atoms with Gasteiger partial charge in [-0.25, -0.2) is 4.79 Å². The van der Waals surface area contributed by atoms with Gasteiger partial charge in [-0.2, -0.15) is 0 Å². The number of hydrogen-bond donors (Lipinski definition) is 2. The van der Waals surface area contributed by atoms with E-state index in [1.807, 2.05) is 0 Å². The number of carbonyl (C=O) groups is 3. The third-order valence-corrected chi connectivity index (χ3v) is 6.26. The molecule has 1 aliphatic heterocycles. The van der Waals surface area contributed by atoms with Gasteiger partial charge in [0.2, 0.25) is 5.91 Å². The largest absolute Gasteiger partial charge is 0.354 e. The van der Waals surface area contributed by atoms with Crippen LogP contribution in [0.25, 0.3) is 0 Å². The summed E-state index contributed by atoms with van der Waals surface area (Å²) in [6.45, 7) is 11.1. The molecule has 2 N–H and O–H groups in total. The molecule has 0 atom stereocenters. The van der Waals surface area contributed by atoms with E-state index in [4.69, 9.17) is 0 Å². The van der Waals surface area contributed by atoms with E-state index < -0.39 is 11.6 Å². The van der Waals surface area contributed by atoms with Crippen molar-refractivity contribution in [1.29, 1.82) is 0 Å². The van der Waals surface area contributed by atoms with Crippen LogP contribution in [-0.2, 0) is 21.4 Å². The summed E-state index contributed by atoms with van der Waals surface area (Å²) >= 11 is 0. The van der Waals surface area contributed by atoms with Gasteiger partial charge in [-0.15, -0.1) is 0 Å². The van der Waals surface area contributed by atoms with Crippen LogP contribution < -0.4 is 10.6 Å². The number of imide groups is 1. The number of amides is 4. The standard InChI is InChI=1S/C23H33N3O3/c1-15-12-17(22(3,4)5)13-16(2)18(15)8-11-24-19(27)14-26-20(28)23(25-21(26)29)9-6-7-10-23/h12-13H,6-11,14H2,1-5H3,(H,24,27)(H,25,29). The molecule has 1 aromatic rings. The highest BCUT2D eigenvalue weighted by Gasteiger charge is 2.52. The summed E-state index contributed by atoms with van der Waals surface area (Å²) in [5.74, 6) is -0.551. The van der Waals surface area contributed by atoms with Crippen molar-refractivity contribution in [1.82, 2.24) is 15.5 Å². The molecule has 1 saturated carbocycles. The van der Waals surface area contributed by atoms with Crippen LogP contribution in [0.4, 0.5) is 4.79 Å². The van der Waals surface area contributed by atoms with E-state index in [-0.39, 0.29) is 23.8 Å². The first-order chi connectivity index (χ1) is 13.5. The predicted octanol–water partition coefficient (Wildman–Crippen LogP) is 3.12. The lowest BCUT2D eigenvalue weighted by atomic mass is 9.83. The molecule has 6 heteroatoms. The van der Waals surface area contributed by atoms with Crippen LogP contribution in [0.15, 0.2) is 12.1 Å². The van der Waals surface area contributed by atoms with Crippen molar-refractivity contribution in [3.05, 3.63) is 34.4 Å². The zero-order valence-corrected chi connectivity index (χ0v) is 18.3. The van der Waals surface area contributed by atoms with Crippen molar-refractivity contribution >= 4 is 17.8 Å². The Hall–Kier alpha value is -2.37. The lowest BCUT2D eigenvalue weighted by molar-refractivity contribution is -0.134. The van der Waals surface area contributed by atoms with E-state index in [0.29, 0.717) is 19.4 Å². The minimum atomic E-state index is -0.764. The summed E-state index contributed by atoms with van der Waals surface area (Å²) in [6, 6.07) is 3.99. The minimum absolute atomic E-state index is 0.0990. The highest BCUT2D eigenvalue weighted by Crippen LogP contribution is 2.34. The molecule has 2 fully saturated rings. The lowest BCUT2D eigenvalue weighted by Gasteiger charge is -2.22. The maximum Gasteiger partial charge on any atom is 0.325 e. The van der Waals surface area contributed by atoms with Gasteiger partial charge in [0.05, 0.1) is 0 Å². The number of hydrogen-bond acceptors (Lipinski definition) is 3. The van der Waals surface area contributed by atoms with Gasteiger partial charge in [-0.3, -0.25) is 14.5 Å². The lowest BCUT2D eigenvalue weighted by Crippen LogP contribution is -2.45. The average Bonchev–Trinajstić information content (AvgIpc) is 3.17. The summed E-state index contributed by atoms with van der Waals surface area (Å²) < 4.78 is 0. The molecule has 6 nitrogen and oxygen atoms in total. The molecule has 4 amide bonds. The molecule has 0 aromatic heterocycles. The van der Waals surface area contributed by atoms with Gasteiger partial charge >= 0.3 is 6.03 Å². The van der Waals surface area contributed by atoms with Gasteiger partial charge in [-0.1, -0.05) is 45.7 Å². The average molecular weight is 400 g/mol. The predicted molar refractivity (Wildman–Crippen MR) is 113 cm³/mol. The molecule has 1 saturated heterocycles. The van der Waals surface area contributed by atoms with Gasteiger partial charge in [0.25, 0.3) is 5.91 Å². The van der Waals surface area contributed by atoms with E-state index in [1.54, 1.807) is 0 Å². The SMILES string of the molecule is Cc1cc(C(C)(C)C)cc(C)c1CCNC(=O)CN1C(=O)NC2(CCCC2)C1=O. The second-order valence-corrected chi connectivity index (χ2v) is 9.55. The summed E-state index contributed by atoms with van der Waals surface area (Å²) in [7, 11) is 0. The Kier molecular flexibility index (Phi) is 5.74. The van der Waals surface area contributed by atoms with E-state index in [9.17, 15) is 14.4 Å². The normalized spacial score (nSPS) is 18.4. The van der Waals surface area contributed by atoms with Crippen molar-refractivity contribution in [2.24, 2.45) is 0 Å². The first-order valence-electron chi connectivity index (χ1n) is 10.5. The number of carbonyl (C=O) groups excluding carboxylic acids is 3. The Balaban J connectivity index is 1.56. The molecule has 1 aromatic carbocycles. The highest BCUT2D eigenvalue weighted by molar-refractivity contribution is 6.09. The number of nitrogens with zero attached hydrogens (tertiary/aromatic N) is 1. The smallest absolute Gasteiger partial charge is 0.325 e. The van der Waals surface area contributed by atoms with Crippen molar-refractivity contribution in [2.45, 2.75) is 77.7 Å². The van der Waals surface area contributed by atoms with Crippen molar-refractivity contribution in [2.75, 3.05) is 13.1 Å². The molecule has 3 rings (SSSR count). The Bertz CT molecular complexity index is 809. The number of benzene rings is 1. The second-order valence-electron chi connectivity index (χ2n) is 9.55. The van der Waals surface area contributed by atoms with Crippen LogP contribution in [0.1, 0.15) is 68.7 Å². The molecular formula is C23H33N3O3. The number of nitrogens with one attached hydrogen (secondary N) is 2. The molecule has 2 aliphatic rings. The Morgan fingerprint density at radius 2 is 1.72 bits per heavy atom. The molecule has 0 radical (unpaired) electrons. The van der Waals surface area contributed by atoms with Crippen molar-refractivity contribution in [3.8, 4) is 0 Å². The molecule has 1 heterocycles. The first-order valence-corrected chi connectivity index (χ1v) is 10.5. The third kappa shape index (κ3) is 4.31. The molecule has 1 aliphatic carbocycles. The van der Waals surface area contributed by atoms with Crippen LogP contribution in [0.3, 0.4) is 0 Å². The number of aryl methyl sites for hydroxylation is 2. The molecular weight excluding hydrogens is 366 g/mol. The molecule has 0 unspecified atom stereocenters. The fourth-order valence-corrected chi connectivity index (χ4v) is 4.48. The Morgan fingerprint density at radius 3 is 2.28 bits per heavy atom. The van der Waals surface area contributed by atoms with E-state index >= 15 is 0 Å². The zero-order valence-electron chi connectivity index (χ0n) is 18.3.